The van der Waals surface area contributed by atoms with Crippen molar-refractivity contribution in [2.24, 2.45) is 0 Å². The number of sulfonamides is 1. The standard InChI is InChI=1S/C22H21F3N4O3S2/c1-2-18(19-12-33-21(28-19)29-34(31,32)17-7-8-17)27-20(30)14-5-3-13(4-6-14)15-9-16(11-26-10-15)22(23,24)25/h3-6,9-12,17-18H,2,7-8H2,1H3,(H,27,30)(H,28,29)/t18-/m1/s1. The topological polar surface area (TPSA) is 101 Å². The highest BCUT2D eigenvalue weighted by molar-refractivity contribution is 7.93. The van der Waals surface area contributed by atoms with Gasteiger partial charge in [0.15, 0.2) is 5.13 Å². The molecule has 12 heteroatoms. The molecule has 0 aliphatic heterocycles. The van der Waals surface area contributed by atoms with Gasteiger partial charge in [0.2, 0.25) is 10.0 Å². The second kappa shape index (κ2) is 9.34. The van der Waals surface area contributed by atoms with Crippen molar-refractivity contribution in [2.75, 3.05) is 4.72 Å². The van der Waals surface area contributed by atoms with Crippen LogP contribution in [-0.4, -0.2) is 29.5 Å². The molecule has 7 nitrogen and oxygen atoms in total. The molecule has 0 spiro atoms. The third-order valence-electron chi connectivity index (χ3n) is 5.33. The molecule has 1 amide bonds. The van der Waals surface area contributed by atoms with E-state index in [0.29, 0.717) is 36.1 Å². The van der Waals surface area contributed by atoms with Crippen LogP contribution in [0.5, 0.6) is 0 Å². The van der Waals surface area contributed by atoms with Gasteiger partial charge < -0.3 is 5.32 Å². The lowest BCUT2D eigenvalue weighted by molar-refractivity contribution is -0.137. The number of pyridine rings is 1. The van der Waals surface area contributed by atoms with E-state index < -0.39 is 27.8 Å². The summed E-state index contributed by atoms with van der Waals surface area (Å²) in [7, 11) is -3.42. The molecule has 2 heterocycles. The minimum Gasteiger partial charge on any atom is -0.344 e. The van der Waals surface area contributed by atoms with Crippen molar-refractivity contribution in [1.29, 1.82) is 0 Å². The Hall–Kier alpha value is -2.99. The molecule has 180 valence electrons. The van der Waals surface area contributed by atoms with Gasteiger partial charge in [-0.15, -0.1) is 11.3 Å². The lowest BCUT2D eigenvalue weighted by Crippen LogP contribution is -2.28. The number of hydrogen-bond acceptors (Lipinski definition) is 6. The summed E-state index contributed by atoms with van der Waals surface area (Å²) in [5.74, 6) is -0.381. The van der Waals surface area contributed by atoms with Gasteiger partial charge in [0, 0.05) is 28.9 Å². The Morgan fingerprint density at radius 3 is 2.50 bits per heavy atom. The van der Waals surface area contributed by atoms with E-state index in [2.05, 4.69) is 20.0 Å². The summed E-state index contributed by atoms with van der Waals surface area (Å²) in [6, 6.07) is 6.73. The quantitative estimate of drug-likeness (QED) is 0.444. The van der Waals surface area contributed by atoms with Gasteiger partial charge >= 0.3 is 6.18 Å². The molecule has 1 aliphatic carbocycles. The number of amides is 1. The molecular formula is C22H21F3N4O3S2. The normalized spacial score (nSPS) is 15.1. The van der Waals surface area contributed by atoms with E-state index in [4.69, 9.17) is 0 Å². The zero-order valence-corrected chi connectivity index (χ0v) is 19.6. The average Bonchev–Trinajstić information content (AvgIpc) is 3.58. The van der Waals surface area contributed by atoms with Crippen molar-refractivity contribution in [3.8, 4) is 11.1 Å². The van der Waals surface area contributed by atoms with E-state index >= 15 is 0 Å². The maximum atomic E-state index is 12.9. The molecule has 1 atom stereocenters. The molecule has 0 saturated heterocycles. The zero-order valence-electron chi connectivity index (χ0n) is 18.0. The van der Waals surface area contributed by atoms with Crippen LogP contribution in [0, 0.1) is 0 Å². The number of halogens is 3. The first-order valence-electron chi connectivity index (χ1n) is 10.5. The number of thiazole rings is 1. The lowest BCUT2D eigenvalue weighted by atomic mass is 10.0. The number of nitrogens with one attached hydrogen (secondary N) is 2. The number of aromatic nitrogens is 2. The van der Waals surface area contributed by atoms with Gasteiger partial charge in [-0.2, -0.15) is 13.2 Å². The molecule has 3 aromatic rings. The minimum atomic E-state index is -4.49. The summed E-state index contributed by atoms with van der Waals surface area (Å²) < 4.78 is 65.5. The fourth-order valence-electron chi connectivity index (χ4n) is 3.27. The number of alkyl halides is 3. The highest BCUT2D eigenvalue weighted by Gasteiger charge is 2.36. The number of anilines is 1. The highest BCUT2D eigenvalue weighted by Crippen LogP contribution is 2.32. The Morgan fingerprint density at radius 2 is 1.88 bits per heavy atom. The molecule has 34 heavy (non-hydrogen) atoms. The van der Waals surface area contributed by atoms with Gasteiger partial charge in [0.25, 0.3) is 5.91 Å². The Labute approximate surface area is 198 Å². The Morgan fingerprint density at radius 1 is 1.18 bits per heavy atom. The van der Waals surface area contributed by atoms with E-state index in [1.807, 2.05) is 6.92 Å². The first-order chi connectivity index (χ1) is 16.1. The number of carbonyl (C=O) groups is 1. The van der Waals surface area contributed by atoms with Crippen LogP contribution >= 0.6 is 11.3 Å². The van der Waals surface area contributed by atoms with E-state index in [-0.39, 0.29) is 21.9 Å². The summed E-state index contributed by atoms with van der Waals surface area (Å²) in [5.41, 5.74) is 0.804. The van der Waals surface area contributed by atoms with Crippen LogP contribution in [0.2, 0.25) is 0 Å². The second-order valence-electron chi connectivity index (χ2n) is 7.90. The van der Waals surface area contributed by atoms with Crippen LogP contribution in [-0.2, 0) is 16.2 Å². The predicted molar refractivity (Wildman–Crippen MR) is 123 cm³/mol. The highest BCUT2D eigenvalue weighted by atomic mass is 32.2. The maximum absolute atomic E-state index is 12.9. The van der Waals surface area contributed by atoms with Gasteiger partial charge in [0.05, 0.1) is 22.5 Å². The van der Waals surface area contributed by atoms with Crippen molar-refractivity contribution < 1.29 is 26.4 Å². The van der Waals surface area contributed by atoms with Crippen LogP contribution in [0.3, 0.4) is 0 Å². The fraction of sp³-hybridized carbons (Fsp3) is 0.318. The Kier molecular flexibility index (Phi) is 6.63. The van der Waals surface area contributed by atoms with Crippen LogP contribution in [0.1, 0.15) is 53.8 Å². The summed E-state index contributed by atoms with van der Waals surface area (Å²) >= 11 is 1.15. The van der Waals surface area contributed by atoms with Gasteiger partial charge in [-0.3, -0.25) is 14.5 Å². The van der Waals surface area contributed by atoms with Gasteiger partial charge in [-0.05, 0) is 43.0 Å². The summed E-state index contributed by atoms with van der Waals surface area (Å²) in [4.78, 5) is 20.7. The second-order valence-corrected chi connectivity index (χ2v) is 10.7. The molecule has 2 aromatic heterocycles. The molecule has 1 saturated carbocycles. The van der Waals surface area contributed by atoms with Crippen molar-refractivity contribution in [3.05, 3.63) is 64.9 Å². The number of carbonyl (C=O) groups excluding carboxylic acids is 1. The van der Waals surface area contributed by atoms with Crippen molar-refractivity contribution in [1.82, 2.24) is 15.3 Å². The average molecular weight is 511 g/mol. The van der Waals surface area contributed by atoms with Crippen LogP contribution < -0.4 is 10.0 Å². The predicted octanol–water partition coefficient (Wildman–Crippen LogP) is 5.01. The Balaban J connectivity index is 1.44. The third-order valence-corrected chi connectivity index (χ3v) is 8.06. The van der Waals surface area contributed by atoms with Crippen LogP contribution in [0.15, 0.2) is 48.1 Å². The molecule has 2 N–H and O–H groups in total. The largest absolute Gasteiger partial charge is 0.417 e. The van der Waals surface area contributed by atoms with Crippen molar-refractivity contribution in [3.63, 3.8) is 0 Å². The maximum Gasteiger partial charge on any atom is 0.417 e. The molecule has 1 aromatic carbocycles. The van der Waals surface area contributed by atoms with E-state index in [9.17, 15) is 26.4 Å². The van der Waals surface area contributed by atoms with Crippen molar-refractivity contribution in [2.45, 2.75) is 43.7 Å². The SMILES string of the molecule is CC[C@@H](NC(=O)c1ccc(-c2cncc(C(F)(F)F)c2)cc1)c1csc(NS(=O)(=O)C2CC2)n1. The first kappa shape index (κ1) is 24.1. The van der Waals surface area contributed by atoms with E-state index in [1.54, 1.807) is 17.5 Å². The summed E-state index contributed by atoms with van der Waals surface area (Å²) in [6.07, 6.45) is -0.594. The molecule has 0 unspecified atom stereocenters. The van der Waals surface area contributed by atoms with Gasteiger partial charge in [0.1, 0.15) is 0 Å². The van der Waals surface area contributed by atoms with Gasteiger partial charge in [-0.1, -0.05) is 19.1 Å². The zero-order chi connectivity index (χ0) is 24.5. The summed E-state index contributed by atoms with van der Waals surface area (Å²) in [5, 5.41) is 4.46. The van der Waals surface area contributed by atoms with Crippen LogP contribution in [0.25, 0.3) is 11.1 Å². The molecule has 0 bridgehead atoms. The molecular weight excluding hydrogens is 489 g/mol. The van der Waals surface area contributed by atoms with Crippen molar-refractivity contribution >= 4 is 32.4 Å². The molecule has 0 radical (unpaired) electrons. The third kappa shape index (κ3) is 5.55. The molecule has 1 fully saturated rings. The molecule has 1 aliphatic rings. The smallest absolute Gasteiger partial charge is 0.344 e. The lowest BCUT2D eigenvalue weighted by Gasteiger charge is -2.15. The monoisotopic (exact) mass is 510 g/mol. The minimum absolute atomic E-state index is 0.258. The van der Waals surface area contributed by atoms with E-state index in [1.165, 1.54) is 18.3 Å². The number of benzene rings is 1. The first-order valence-corrected chi connectivity index (χ1v) is 12.9. The van der Waals surface area contributed by atoms with E-state index in [0.717, 1.165) is 23.6 Å². The number of rotatable bonds is 8. The van der Waals surface area contributed by atoms with Crippen LogP contribution in [0.4, 0.5) is 18.3 Å². The number of nitrogens with zero attached hydrogens (tertiary/aromatic N) is 2. The number of hydrogen-bond donors (Lipinski definition) is 2. The fourth-order valence-corrected chi connectivity index (χ4v) is 5.63. The molecule has 4 rings (SSSR count). The van der Waals surface area contributed by atoms with Gasteiger partial charge in [-0.25, -0.2) is 13.4 Å². The Bertz CT molecular complexity index is 1290. The summed E-state index contributed by atoms with van der Waals surface area (Å²) in [6.45, 7) is 1.86.